The minimum atomic E-state index is -0.696. The molecular weight excluding hydrogens is 345 g/mol. The van der Waals surface area contributed by atoms with Crippen molar-refractivity contribution in [3.05, 3.63) is 34.6 Å². The third-order valence-corrected chi connectivity index (χ3v) is 6.16. The molecular formula is C17H23NO3Se. The number of aliphatic carboxylic acids is 1. The molecule has 0 aliphatic heterocycles. The molecule has 1 aromatic heterocycles. The molecule has 0 unspecified atom stereocenters. The number of fused-ring (bicyclic) bond motifs is 1. The van der Waals surface area contributed by atoms with E-state index < -0.39 is 5.97 Å². The molecule has 2 aromatic rings. The molecule has 1 heterocycles. The number of aromatic nitrogens is 1. The SMILES string of the molecule is O=C(O)CCCCCCCCCn1[se]c2ccccc2c1=O. The Kier molecular flexibility index (Phi) is 6.94. The first-order valence-corrected chi connectivity index (χ1v) is 9.61. The van der Waals surface area contributed by atoms with E-state index in [4.69, 9.17) is 5.11 Å². The quantitative estimate of drug-likeness (QED) is 0.517. The Hall–Kier alpha value is -1.32. The van der Waals surface area contributed by atoms with Gasteiger partial charge in [-0.15, -0.1) is 0 Å². The predicted octanol–water partition coefficient (Wildman–Crippen LogP) is 3.26. The summed E-state index contributed by atoms with van der Waals surface area (Å²) < 4.78 is 3.21. The average molecular weight is 368 g/mol. The molecule has 4 nitrogen and oxygen atoms in total. The van der Waals surface area contributed by atoms with Crippen molar-refractivity contribution in [2.45, 2.75) is 57.9 Å². The number of nitrogens with zero attached hydrogens (tertiary/aromatic N) is 1. The molecule has 1 N–H and O–H groups in total. The van der Waals surface area contributed by atoms with Crippen molar-refractivity contribution >= 4 is 30.3 Å². The summed E-state index contributed by atoms with van der Waals surface area (Å²) in [5.74, 6) is -0.696. The van der Waals surface area contributed by atoms with Crippen LogP contribution in [0.4, 0.5) is 0 Å². The summed E-state index contributed by atoms with van der Waals surface area (Å²) in [6, 6.07) is 7.92. The topological polar surface area (TPSA) is 59.3 Å². The molecule has 0 saturated heterocycles. The van der Waals surface area contributed by atoms with E-state index in [-0.39, 0.29) is 20.3 Å². The number of aryl methyl sites for hydroxylation is 1. The molecule has 120 valence electrons. The predicted molar refractivity (Wildman–Crippen MR) is 89.7 cm³/mol. The Morgan fingerprint density at radius 2 is 1.64 bits per heavy atom. The maximum atomic E-state index is 12.2. The number of carboxylic acid groups (broad SMARTS) is 1. The second-order valence-electron chi connectivity index (χ2n) is 5.61. The second-order valence-corrected chi connectivity index (χ2v) is 7.84. The fourth-order valence-corrected chi connectivity index (χ4v) is 4.75. The first-order chi connectivity index (χ1) is 10.7. The second kappa shape index (κ2) is 8.96. The van der Waals surface area contributed by atoms with E-state index in [1.54, 1.807) is 0 Å². The third-order valence-electron chi connectivity index (χ3n) is 3.80. The van der Waals surface area contributed by atoms with Crippen LogP contribution in [0.5, 0.6) is 0 Å². The van der Waals surface area contributed by atoms with Crippen LogP contribution in [0.25, 0.3) is 9.65 Å². The Bertz CT molecular complexity index is 659. The Labute approximate surface area is 136 Å². The summed E-state index contributed by atoms with van der Waals surface area (Å²) >= 11 is 0.157. The average Bonchev–Trinajstić information content (AvgIpc) is 2.82. The van der Waals surface area contributed by atoms with Crippen LogP contribution in [0.1, 0.15) is 51.4 Å². The first kappa shape index (κ1) is 17.0. The number of unbranched alkanes of at least 4 members (excludes halogenated alkanes) is 6. The van der Waals surface area contributed by atoms with Crippen molar-refractivity contribution in [3.63, 3.8) is 0 Å². The summed E-state index contributed by atoms with van der Waals surface area (Å²) in [4.78, 5) is 22.6. The molecule has 0 atom stereocenters. The van der Waals surface area contributed by atoms with Gasteiger partial charge >= 0.3 is 136 Å². The van der Waals surface area contributed by atoms with Crippen LogP contribution >= 0.6 is 0 Å². The number of carbonyl (C=O) groups is 1. The van der Waals surface area contributed by atoms with E-state index in [9.17, 15) is 9.59 Å². The first-order valence-electron chi connectivity index (χ1n) is 7.99. The van der Waals surface area contributed by atoms with Crippen LogP contribution < -0.4 is 5.56 Å². The standard InChI is InChI=1S/C17H23NO3Se/c19-16(20)12-6-4-2-1-3-5-9-13-18-17(21)14-10-7-8-11-15(14)22-18/h7-8,10-11H,1-6,9,12-13H2,(H,19,20). The van der Waals surface area contributed by atoms with E-state index >= 15 is 0 Å². The molecule has 0 amide bonds. The molecule has 0 bridgehead atoms. The van der Waals surface area contributed by atoms with E-state index in [1.807, 2.05) is 21.8 Å². The van der Waals surface area contributed by atoms with Crippen LogP contribution in [0.15, 0.2) is 29.1 Å². The normalized spacial score (nSPS) is 11.1. The Balaban J connectivity index is 1.61. The summed E-state index contributed by atoms with van der Waals surface area (Å²) in [7, 11) is 0. The molecule has 0 radical (unpaired) electrons. The molecule has 22 heavy (non-hydrogen) atoms. The monoisotopic (exact) mass is 369 g/mol. The van der Waals surface area contributed by atoms with Gasteiger partial charge in [0.05, 0.1) is 0 Å². The molecule has 5 heteroatoms. The van der Waals surface area contributed by atoms with Gasteiger partial charge in [0.15, 0.2) is 0 Å². The number of hydrogen-bond acceptors (Lipinski definition) is 2. The number of hydrogen-bond donors (Lipinski definition) is 1. The summed E-state index contributed by atoms with van der Waals surface area (Å²) in [6.45, 7) is 0.868. The van der Waals surface area contributed by atoms with Crippen molar-refractivity contribution < 1.29 is 9.90 Å². The zero-order valence-electron chi connectivity index (χ0n) is 12.8. The van der Waals surface area contributed by atoms with E-state index in [2.05, 4.69) is 6.07 Å². The number of carboxylic acids is 1. The fraction of sp³-hybridized carbons (Fsp3) is 0.529. The molecule has 0 fully saturated rings. The Morgan fingerprint density at radius 1 is 1.00 bits per heavy atom. The van der Waals surface area contributed by atoms with Crippen LogP contribution in [0.3, 0.4) is 0 Å². The minimum absolute atomic E-state index is 0.157. The van der Waals surface area contributed by atoms with Gasteiger partial charge in [-0.05, 0) is 0 Å². The van der Waals surface area contributed by atoms with Gasteiger partial charge in [-0.1, -0.05) is 0 Å². The molecule has 0 spiro atoms. The van der Waals surface area contributed by atoms with Gasteiger partial charge in [-0.25, -0.2) is 0 Å². The maximum absolute atomic E-state index is 12.2. The van der Waals surface area contributed by atoms with Crippen LogP contribution in [0, 0.1) is 0 Å². The molecule has 1 aromatic carbocycles. The van der Waals surface area contributed by atoms with Crippen LogP contribution in [-0.4, -0.2) is 29.4 Å². The Morgan fingerprint density at radius 3 is 2.32 bits per heavy atom. The summed E-state index contributed by atoms with van der Waals surface area (Å²) in [5.41, 5.74) is 0.198. The zero-order chi connectivity index (χ0) is 15.8. The summed E-state index contributed by atoms with van der Waals surface area (Å²) in [6.07, 6.45) is 7.76. The molecule has 0 saturated carbocycles. The zero-order valence-corrected chi connectivity index (χ0v) is 14.5. The van der Waals surface area contributed by atoms with Crippen molar-refractivity contribution in [1.82, 2.24) is 3.56 Å². The van der Waals surface area contributed by atoms with E-state index in [0.717, 1.165) is 44.0 Å². The van der Waals surface area contributed by atoms with Crippen LogP contribution in [-0.2, 0) is 11.3 Å². The van der Waals surface area contributed by atoms with Gasteiger partial charge in [0, 0.05) is 0 Å². The third kappa shape index (κ3) is 5.15. The molecule has 0 aliphatic carbocycles. The van der Waals surface area contributed by atoms with Gasteiger partial charge in [-0.2, -0.15) is 0 Å². The summed E-state index contributed by atoms with van der Waals surface area (Å²) in [5, 5.41) is 9.44. The van der Waals surface area contributed by atoms with Crippen molar-refractivity contribution in [3.8, 4) is 0 Å². The molecule has 2 rings (SSSR count). The van der Waals surface area contributed by atoms with E-state index in [1.165, 1.54) is 17.1 Å². The van der Waals surface area contributed by atoms with E-state index in [0.29, 0.717) is 6.42 Å². The van der Waals surface area contributed by atoms with Gasteiger partial charge in [-0.3, -0.25) is 0 Å². The van der Waals surface area contributed by atoms with Crippen molar-refractivity contribution in [2.75, 3.05) is 0 Å². The van der Waals surface area contributed by atoms with Gasteiger partial charge in [0.25, 0.3) is 0 Å². The van der Waals surface area contributed by atoms with Crippen LogP contribution in [0.2, 0.25) is 0 Å². The number of benzene rings is 1. The van der Waals surface area contributed by atoms with Gasteiger partial charge in [0.1, 0.15) is 0 Å². The molecule has 0 aliphatic rings. The van der Waals surface area contributed by atoms with Gasteiger partial charge in [0.2, 0.25) is 0 Å². The fourth-order valence-electron chi connectivity index (χ4n) is 2.58. The van der Waals surface area contributed by atoms with Crippen molar-refractivity contribution in [2.24, 2.45) is 0 Å². The van der Waals surface area contributed by atoms with Crippen molar-refractivity contribution in [1.29, 1.82) is 0 Å². The van der Waals surface area contributed by atoms with Gasteiger partial charge < -0.3 is 0 Å². The number of rotatable bonds is 10.